The number of hydrogen-bond acceptors (Lipinski definition) is 7. The molecule has 0 aromatic carbocycles. The summed E-state index contributed by atoms with van der Waals surface area (Å²) in [4.78, 5) is 35.2. The highest BCUT2D eigenvalue weighted by molar-refractivity contribution is 7.47. The summed E-state index contributed by atoms with van der Waals surface area (Å²) in [5.74, 6) is -0.830. The minimum Gasteiger partial charge on any atom is -0.462 e. The summed E-state index contributed by atoms with van der Waals surface area (Å²) in [6.45, 7) is 4.22. The molecule has 0 aliphatic carbocycles. The van der Waals surface area contributed by atoms with Gasteiger partial charge < -0.3 is 18.9 Å². The molecule has 0 aliphatic rings. The van der Waals surface area contributed by atoms with Crippen LogP contribution in [0.5, 0.6) is 0 Å². The molecule has 0 aliphatic heterocycles. The number of rotatable bonds is 34. The van der Waals surface area contributed by atoms with E-state index in [2.05, 4.69) is 32.1 Å². The SMILES string of the molecule is CC\C=C/C=C/C=C/C=C\CCCCCCCC(=O)OC(COC(=O)CCCCCCCCCCCCC)COP(=O)(O)OCC[N+](C)(C)C. The Morgan fingerprint density at radius 1 is 0.640 bits per heavy atom. The zero-order chi connectivity index (χ0) is 37.2. The van der Waals surface area contributed by atoms with Crippen LogP contribution < -0.4 is 0 Å². The first kappa shape index (κ1) is 48.0. The number of ether oxygens (including phenoxy) is 2. The first-order chi connectivity index (χ1) is 24.0. The quantitative estimate of drug-likeness (QED) is 0.0230. The predicted molar refractivity (Wildman–Crippen MR) is 206 cm³/mol. The molecule has 1 N–H and O–H groups in total. The molecule has 0 fully saturated rings. The third-order valence-corrected chi connectivity index (χ3v) is 8.95. The fourth-order valence-electron chi connectivity index (χ4n) is 4.91. The van der Waals surface area contributed by atoms with Crippen LogP contribution in [0.1, 0.15) is 142 Å². The van der Waals surface area contributed by atoms with Crippen LogP contribution in [-0.4, -0.2) is 74.9 Å². The van der Waals surface area contributed by atoms with E-state index in [-0.39, 0.29) is 32.0 Å². The molecule has 2 unspecified atom stereocenters. The average Bonchev–Trinajstić information content (AvgIpc) is 3.06. The highest BCUT2D eigenvalue weighted by atomic mass is 31.2. The Hall–Kier alpha value is -2.03. The van der Waals surface area contributed by atoms with E-state index in [1.807, 2.05) is 51.5 Å². The molecule has 0 spiro atoms. The molecule has 290 valence electrons. The van der Waals surface area contributed by atoms with Gasteiger partial charge in [0.25, 0.3) is 0 Å². The van der Waals surface area contributed by atoms with Gasteiger partial charge in [0.2, 0.25) is 0 Å². The van der Waals surface area contributed by atoms with Gasteiger partial charge in [-0.1, -0.05) is 146 Å². The Labute approximate surface area is 305 Å². The molecule has 0 heterocycles. The van der Waals surface area contributed by atoms with Gasteiger partial charge >= 0.3 is 19.8 Å². The lowest BCUT2D eigenvalue weighted by molar-refractivity contribution is -0.870. The molecule has 0 saturated heterocycles. The Balaban J connectivity index is 4.49. The van der Waals surface area contributed by atoms with Gasteiger partial charge in [-0.25, -0.2) is 4.57 Å². The maximum Gasteiger partial charge on any atom is 0.472 e. The number of nitrogens with zero attached hydrogens (tertiary/aromatic N) is 1. The van der Waals surface area contributed by atoms with Crippen LogP contribution in [0.2, 0.25) is 0 Å². The third-order valence-electron chi connectivity index (χ3n) is 7.97. The van der Waals surface area contributed by atoms with Crippen molar-refractivity contribution in [3.8, 4) is 0 Å². The Morgan fingerprint density at radius 2 is 1.14 bits per heavy atom. The second-order valence-electron chi connectivity index (χ2n) is 14.0. The van der Waals surface area contributed by atoms with E-state index >= 15 is 0 Å². The van der Waals surface area contributed by atoms with Crippen molar-refractivity contribution in [3.63, 3.8) is 0 Å². The van der Waals surface area contributed by atoms with Crippen LogP contribution in [0.15, 0.2) is 48.6 Å². The van der Waals surface area contributed by atoms with Crippen molar-refractivity contribution in [3.05, 3.63) is 48.6 Å². The van der Waals surface area contributed by atoms with Gasteiger partial charge in [-0.15, -0.1) is 0 Å². The fraction of sp³-hybridized carbons (Fsp3) is 0.750. The molecule has 0 aromatic rings. The Bertz CT molecular complexity index is 1000. The summed E-state index contributed by atoms with van der Waals surface area (Å²) in [6.07, 6.45) is 35.8. The smallest absolute Gasteiger partial charge is 0.462 e. The number of carbonyl (C=O) groups is 2. The van der Waals surface area contributed by atoms with Crippen LogP contribution in [-0.2, 0) is 32.7 Å². The second-order valence-corrected chi connectivity index (χ2v) is 15.5. The van der Waals surface area contributed by atoms with Crippen molar-refractivity contribution in [1.29, 1.82) is 0 Å². The lowest BCUT2D eigenvalue weighted by Crippen LogP contribution is -2.37. The van der Waals surface area contributed by atoms with Crippen molar-refractivity contribution < 1.29 is 42.1 Å². The number of carbonyl (C=O) groups excluding carboxylic acids is 2. The zero-order valence-corrected chi connectivity index (χ0v) is 33.3. The number of unbranched alkanes of at least 4 members (excludes halogenated alkanes) is 15. The van der Waals surface area contributed by atoms with E-state index < -0.39 is 26.5 Å². The molecule has 0 radical (unpaired) electrons. The van der Waals surface area contributed by atoms with Crippen molar-refractivity contribution in [2.24, 2.45) is 0 Å². The van der Waals surface area contributed by atoms with Gasteiger partial charge in [0.1, 0.15) is 19.8 Å². The standard InChI is InChI=1S/C40H72NO8P/c1-6-8-10-12-14-16-18-19-20-21-23-25-27-29-31-33-40(43)49-38(37-48-50(44,45)47-35-34-41(3,4)5)36-46-39(42)32-30-28-26-24-22-17-15-13-11-9-7-2/h8,10,12,14,16,18-20,38H,6-7,9,11,13,15,17,21-37H2,1-5H3/p+1/b10-8-,14-12+,18-16+,20-19-. The number of phosphoric acid groups is 1. The lowest BCUT2D eigenvalue weighted by atomic mass is 10.1. The van der Waals surface area contributed by atoms with E-state index in [0.29, 0.717) is 17.4 Å². The number of likely N-dealkylation sites (N-methyl/N-ethyl adjacent to an activating group) is 1. The topological polar surface area (TPSA) is 108 Å². The molecule has 0 amide bonds. The molecule has 0 bridgehead atoms. The van der Waals surface area contributed by atoms with E-state index in [4.69, 9.17) is 18.5 Å². The first-order valence-electron chi connectivity index (χ1n) is 19.4. The summed E-state index contributed by atoms with van der Waals surface area (Å²) < 4.78 is 34.1. The van der Waals surface area contributed by atoms with Gasteiger partial charge in [-0.3, -0.25) is 18.6 Å². The largest absolute Gasteiger partial charge is 0.472 e. The van der Waals surface area contributed by atoms with E-state index in [1.54, 1.807) is 0 Å². The molecule has 10 heteroatoms. The molecule has 50 heavy (non-hydrogen) atoms. The highest BCUT2D eigenvalue weighted by Crippen LogP contribution is 2.43. The number of esters is 2. The maximum atomic E-state index is 12.6. The Kier molecular flexibility index (Phi) is 31.5. The zero-order valence-electron chi connectivity index (χ0n) is 32.4. The second kappa shape index (κ2) is 32.8. The highest BCUT2D eigenvalue weighted by Gasteiger charge is 2.27. The number of allylic oxidation sites excluding steroid dienone is 8. The van der Waals surface area contributed by atoms with Crippen LogP contribution >= 0.6 is 7.82 Å². The molecule has 0 aromatic heterocycles. The number of quaternary nitrogens is 1. The summed E-state index contributed by atoms with van der Waals surface area (Å²) in [7, 11) is 1.45. The van der Waals surface area contributed by atoms with Crippen molar-refractivity contribution in [1.82, 2.24) is 0 Å². The molecule has 0 saturated carbocycles. The predicted octanol–water partition coefficient (Wildman–Crippen LogP) is 10.3. The minimum absolute atomic E-state index is 0.0256. The van der Waals surface area contributed by atoms with Crippen LogP contribution in [0.4, 0.5) is 0 Å². The van der Waals surface area contributed by atoms with Gasteiger partial charge in [0.05, 0.1) is 27.7 Å². The van der Waals surface area contributed by atoms with E-state index in [1.165, 1.54) is 51.4 Å². The number of hydrogen-bond donors (Lipinski definition) is 1. The minimum atomic E-state index is -4.37. The first-order valence-corrected chi connectivity index (χ1v) is 20.9. The Morgan fingerprint density at radius 3 is 1.70 bits per heavy atom. The third kappa shape index (κ3) is 35.8. The molecular weight excluding hydrogens is 653 g/mol. The molecule has 9 nitrogen and oxygen atoms in total. The van der Waals surface area contributed by atoms with Crippen LogP contribution in [0.3, 0.4) is 0 Å². The van der Waals surface area contributed by atoms with Gasteiger partial charge in [0, 0.05) is 12.8 Å². The van der Waals surface area contributed by atoms with E-state index in [0.717, 1.165) is 57.8 Å². The van der Waals surface area contributed by atoms with Gasteiger partial charge in [0.15, 0.2) is 6.10 Å². The summed E-state index contributed by atoms with van der Waals surface area (Å²) in [6, 6.07) is 0. The van der Waals surface area contributed by atoms with Gasteiger partial charge in [-0.05, 0) is 32.1 Å². The summed E-state index contributed by atoms with van der Waals surface area (Å²) in [5, 5.41) is 0. The monoisotopic (exact) mass is 727 g/mol. The van der Waals surface area contributed by atoms with Gasteiger partial charge in [-0.2, -0.15) is 0 Å². The van der Waals surface area contributed by atoms with Crippen molar-refractivity contribution in [2.75, 3.05) is 47.5 Å². The number of phosphoric ester groups is 1. The fourth-order valence-corrected chi connectivity index (χ4v) is 5.65. The maximum absolute atomic E-state index is 12.6. The van der Waals surface area contributed by atoms with Crippen LogP contribution in [0, 0.1) is 0 Å². The van der Waals surface area contributed by atoms with Crippen LogP contribution in [0.25, 0.3) is 0 Å². The molecule has 0 rings (SSSR count). The lowest BCUT2D eigenvalue weighted by Gasteiger charge is -2.24. The molecule has 2 atom stereocenters. The average molecular weight is 727 g/mol. The normalized spacial score (nSPS) is 14.3. The van der Waals surface area contributed by atoms with Crippen molar-refractivity contribution in [2.45, 2.75) is 148 Å². The summed E-state index contributed by atoms with van der Waals surface area (Å²) >= 11 is 0. The van der Waals surface area contributed by atoms with E-state index in [9.17, 15) is 19.0 Å². The summed E-state index contributed by atoms with van der Waals surface area (Å²) in [5.41, 5.74) is 0. The van der Waals surface area contributed by atoms with Crippen molar-refractivity contribution >= 4 is 19.8 Å². The molecular formula is C40H73NO8P+.